The highest BCUT2D eigenvalue weighted by Gasteiger charge is 2.37. The van der Waals surface area contributed by atoms with Crippen molar-refractivity contribution in [2.75, 3.05) is 21.3 Å². The molecular formula is C18H26O5. The van der Waals surface area contributed by atoms with Gasteiger partial charge in [-0.25, -0.2) is 4.79 Å². The number of fused-ring (bicyclic) bond motifs is 1. The van der Waals surface area contributed by atoms with Crippen LogP contribution in [0.5, 0.6) is 17.2 Å². The SMILES string of the molecule is CCCCCCCC1OC(=O)c2c1cc(OC)c(OC)c2OC. The van der Waals surface area contributed by atoms with Crippen molar-refractivity contribution in [1.29, 1.82) is 0 Å². The second-order valence-electron chi connectivity index (χ2n) is 5.71. The van der Waals surface area contributed by atoms with Crippen LogP contribution in [0.15, 0.2) is 6.07 Å². The molecule has 128 valence electrons. The Morgan fingerprint density at radius 3 is 2.30 bits per heavy atom. The summed E-state index contributed by atoms with van der Waals surface area (Å²) < 4.78 is 21.6. The number of hydrogen-bond acceptors (Lipinski definition) is 5. The molecule has 0 aromatic heterocycles. The highest BCUT2D eigenvalue weighted by atomic mass is 16.6. The van der Waals surface area contributed by atoms with Gasteiger partial charge >= 0.3 is 5.97 Å². The maximum Gasteiger partial charge on any atom is 0.343 e. The Hall–Kier alpha value is -1.91. The zero-order valence-corrected chi connectivity index (χ0v) is 14.4. The summed E-state index contributed by atoms with van der Waals surface area (Å²) >= 11 is 0. The summed E-state index contributed by atoms with van der Waals surface area (Å²) in [6.07, 6.45) is 6.47. The number of cyclic esters (lactones) is 1. The molecule has 0 saturated heterocycles. The first-order valence-corrected chi connectivity index (χ1v) is 8.21. The Balaban J connectivity index is 2.23. The van der Waals surface area contributed by atoms with Crippen LogP contribution in [-0.2, 0) is 4.74 Å². The highest BCUT2D eigenvalue weighted by molar-refractivity contribution is 5.98. The van der Waals surface area contributed by atoms with Crippen molar-refractivity contribution in [3.63, 3.8) is 0 Å². The molecule has 23 heavy (non-hydrogen) atoms. The molecular weight excluding hydrogens is 296 g/mol. The van der Waals surface area contributed by atoms with Crippen molar-refractivity contribution in [2.45, 2.75) is 51.6 Å². The average Bonchev–Trinajstić information content (AvgIpc) is 2.88. The number of ether oxygens (including phenoxy) is 4. The first-order chi connectivity index (χ1) is 11.2. The van der Waals surface area contributed by atoms with Crippen LogP contribution in [0.1, 0.15) is 67.5 Å². The molecule has 0 saturated carbocycles. The van der Waals surface area contributed by atoms with Gasteiger partial charge in [0, 0.05) is 5.56 Å². The standard InChI is InChI=1S/C18H26O5/c1-5-6-7-8-9-10-13-12-11-14(20-2)16(21-3)17(22-4)15(12)18(19)23-13/h11,13H,5-10H2,1-4H3. The van der Waals surface area contributed by atoms with E-state index in [-0.39, 0.29) is 12.1 Å². The highest BCUT2D eigenvalue weighted by Crippen LogP contribution is 2.48. The van der Waals surface area contributed by atoms with Crippen LogP contribution in [0.3, 0.4) is 0 Å². The van der Waals surface area contributed by atoms with E-state index in [1.165, 1.54) is 33.5 Å². The van der Waals surface area contributed by atoms with Gasteiger partial charge in [-0.05, 0) is 18.9 Å². The van der Waals surface area contributed by atoms with E-state index in [4.69, 9.17) is 18.9 Å². The summed E-state index contributed by atoms with van der Waals surface area (Å²) in [7, 11) is 4.61. The number of unbranched alkanes of at least 4 members (excludes halogenated alkanes) is 4. The lowest BCUT2D eigenvalue weighted by Crippen LogP contribution is -2.02. The summed E-state index contributed by atoms with van der Waals surface area (Å²) in [5.41, 5.74) is 1.30. The lowest BCUT2D eigenvalue weighted by molar-refractivity contribution is 0.0361. The molecule has 1 heterocycles. The average molecular weight is 322 g/mol. The van der Waals surface area contributed by atoms with E-state index < -0.39 is 0 Å². The van der Waals surface area contributed by atoms with Crippen LogP contribution in [0.4, 0.5) is 0 Å². The zero-order valence-electron chi connectivity index (χ0n) is 14.4. The molecule has 0 amide bonds. The molecule has 1 aliphatic rings. The Kier molecular flexibility index (Phi) is 6.13. The first-order valence-electron chi connectivity index (χ1n) is 8.21. The molecule has 5 nitrogen and oxygen atoms in total. The Labute approximate surface area is 137 Å². The van der Waals surface area contributed by atoms with Crippen molar-refractivity contribution >= 4 is 5.97 Å². The van der Waals surface area contributed by atoms with Crippen molar-refractivity contribution in [2.24, 2.45) is 0 Å². The van der Waals surface area contributed by atoms with Gasteiger partial charge < -0.3 is 18.9 Å². The van der Waals surface area contributed by atoms with E-state index in [9.17, 15) is 4.79 Å². The Morgan fingerprint density at radius 1 is 1.00 bits per heavy atom. The fraction of sp³-hybridized carbons (Fsp3) is 0.611. The maximum atomic E-state index is 12.3. The summed E-state index contributed by atoms with van der Waals surface area (Å²) in [6, 6.07) is 1.83. The predicted octanol–water partition coefficient (Wildman–Crippen LogP) is 4.28. The van der Waals surface area contributed by atoms with Crippen LogP contribution < -0.4 is 14.2 Å². The Bertz CT molecular complexity index is 553. The maximum absolute atomic E-state index is 12.3. The number of benzene rings is 1. The summed E-state index contributed by atoms with van der Waals surface area (Å²) in [6.45, 7) is 2.20. The first kappa shape index (κ1) is 17.4. The summed E-state index contributed by atoms with van der Waals surface area (Å²) in [5.74, 6) is 1.02. The normalized spacial score (nSPS) is 16.0. The van der Waals surface area contributed by atoms with E-state index in [0.717, 1.165) is 24.8 Å². The number of rotatable bonds is 9. The minimum atomic E-state index is -0.351. The molecule has 2 rings (SSSR count). The van der Waals surface area contributed by atoms with Crippen molar-refractivity contribution in [3.8, 4) is 17.2 Å². The van der Waals surface area contributed by atoms with Gasteiger partial charge in [0.15, 0.2) is 11.5 Å². The number of carbonyl (C=O) groups excluding carboxylic acids is 1. The largest absolute Gasteiger partial charge is 0.493 e. The topological polar surface area (TPSA) is 54.0 Å². The van der Waals surface area contributed by atoms with E-state index in [0.29, 0.717) is 22.8 Å². The van der Waals surface area contributed by atoms with Gasteiger partial charge in [0.05, 0.1) is 21.3 Å². The molecule has 1 aliphatic heterocycles. The monoisotopic (exact) mass is 322 g/mol. The number of esters is 1. The summed E-state index contributed by atoms with van der Waals surface area (Å²) in [4.78, 5) is 12.3. The minimum Gasteiger partial charge on any atom is -0.493 e. The number of methoxy groups -OCH3 is 3. The van der Waals surface area contributed by atoms with Crippen molar-refractivity contribution in [1.82, 2.24) is 0 Å². The van der Waals surface area contributed by atoms with Crippen LogP contribution in [-0.4, -0.2) is 27.3 Å². The van der Waals surface area contributed by atoms with Crippen LogP contribution >= 0.6 is 0 Å². The van der Waals surface area contributed by atoms with Crippen molar-refractivity contribution < 1.29 is 23.7 Å². The number of carbonyl (C=O) groups is 1. The zero-order chi connectivity index (χ0) is 16.8. The molecule has 0 fully saturated rings. The summed E-state index contributed by atoms with van der Waals surface area (Å²) in [5, 5.41) is 0. The third kappa shape index (κ3) is 3.54. The Morgan fingerprint density at radius 2 is 1.70 bits per heavy atom. The van der Waals surface area contributed by atoms with E-state index in [1.807, 2.05) is 6.07 Å². The van der Waals surface area contributed by atoms with E-state index >= 15 is 0 Å². The van der Waals surface area contributed by atoms with Gasteiger partial charge in [-0.15, -0.1) is 0 Å². The molecule has 0 bridgehead atoms. The van der Waals surface area contributed by atoms with Gasteiger partial charge in [-0.1, -0.05) is 32.6 Å². The molecule has 5 heteroatoms. The third-order valence-corrected chi connectivity index (χ3v) is 4.23. The fourth-order valence-electron chi connectivity index (χ4n) is 3.04. The predicted molar refractivity (Wildman–Crippen MR) is 87.6 cm³/mol. The van der Waals surface area contributed by atoms with Crippen LogP contribution in [0.25, 0.3) is 0 Å². The van der Waals surface area contributed by atoms with Gasteiger partial charge in [0.2, 0.25) is 5.75 Å². The third-order valence-electron chi connectivity index (χ3n) is 4.23. The van der Waals surface area contributed by atoms with Gasteiger partial charge in [-0.3, -0.25) is 0 Å². The lowest BCUT2D eigenvalue weighted by atomic mass is 9.98. The van der Waals surface area contributed by atoms with Crippen LogP contribution in [0, 0.1) is 0 Å². The van der Waals surface area contributed by atoms with Gasteiger partial charge in [-0.2, -0.15) is 0 Å². The van der Waals surface area contributed by atoms with Gasteiger partial charge in [0.25, 0.3) is 0 Å². The molecule has 1 unspecified atom stereocenters. The number of hydrogen-bond donors (Lipinski definition) is 0. The van der Waals surface area contributed by atoms with E-state index in [1.54, 1.807) is 7.11 Å². The molecule has 0 radical (unpaired) electrons. The molecule has 0 aliphatic carbocycles. The molecule has 1 aromatic carbocycles. The van der Waals surface area contributed by atoms with Crippen molar-refractivity contribution in [3.05, 3.63) is 17.2 Å². The van der Waals surface area contributed by atoms with Gasteiger partial charge in [0.1, 0.15) is 11.7 Å². The minimum absolute atomic E-state index is 0.229. The quantitative estimate of drug-likeness (QED) is 0.501. The second kappa shape index (κ2) is 8.09. The van der Waals surface area contributed by atoms with E-state index in [2.05, 4.69) is 6.92 Å². The molecule has 1 aromatic rings. The smallest absolute Gasteiger partial charge is 0.343 e. The lowest BCUT2D eigenvalue weighted by Gasteiger charge is -2.15. The second-order valence-corrected chi connectivity index (χ2v) is 5.71. The van der Waals surface area contributed by atoms with Crippen LogP contribution in [0.2, 0.25) is 0 Å². The molecule has 1 atom stereocenters. The molecule has 0 spiro atoms. The fourth-order valence-corrected chi connectivity index (χ4v) is 3.04. The molecule has 0 N–H and O–H groups in total.